The van der Waals surface area contributed by atoms with Gasteiger partial charge in [0, 0.05) is 22.2 Å². The molecule has 3 N–H and O–H groups in total. The smallest absolute Gasteiger partial charge is 0.234 e. The molecule has 3 aromatic rings. The number of halogens is 1. The third kappa shape index (κ3) is 3.78. The van der Waals surface area contributed by atoms with Gasteiger partial charge in [-0.2, -0.15) is 4.98 Å². The quantitative estimate of drug-likeness (QED) is 0.419. The van der Waals surface area contributed by atoms with Crippen LogP contribution in [0.5, 0.6) is 5.88 Å². The monoisotopic (exact) mass is 472 g/mol. The number of fused-ring (bicyclic) bond motifs is 1. The summed E-state index contributed by atoms with van der Waals surface area (Å²) < 4.78 is 20.1. The Kier molecular flexibility index (Phi) is 5.12. The second-order valence-corrected chi connectivity index (χ2v) is 18.6. The number of anilines is 2. The Morgan fingerprint density at radius 2 is 1.88 bits per heavy atom. The fourth-order valence-electron chi connectivity index (χ4n) is 4.63. The van der Waals surface area contributed by atoms with Crippen molar-refractivity contribution in [1.29, 1.82) is 5.41 Å². The van der Waals surface area contributed by atoms with Gasteiger partial charge in [-0.05, 0) is 69.6 Å². The third-order valence-corrected chi connectivity index (χ3v) is 13.5. The predicted octanol–water partition coefficient (Wildman–Crippen LogP) is 4.45. The molecule has 1 saturated heterocycles. The summed E-state index contributed by atoms with van der Waals surface area (Å²) in [6.07, 6.45) is 10.0. The van der Waals surface area contributed by atoms with Crippen molar-refractivity contribution in [3.8, 4) is 5.88 Å². The van der Waals surface area contributed by atoms with Crippen LogP contribution >= 0.6 is 9.16 Å². The highest BCUT2D eigenvalue weighted by Crippen LogP contribution is 2.73. The lowest BCUT2D eigenvalue weighted by molar-refractivity contribution is 0.397. The van der Waals surface area contributed by atoms with Crippen molar-refractivity contribution in [2.75, 3.05) is 36.9 Å². The SMILES string of the molecule is COc1cnc2c(Nc3ccc(F)c([C@]4(C)C[SH](C)(C)(C)C(C)(C)C(=N)N4)c3)ccnc2n1. The molecule has 4 rings (SSSR count). The number of thiol groups is 1. The number of amidine groups is 1. The first kappa shape index (κ1) is 23.2. The first-order valence-electron chi connectivity index (χ1n) is 10.8. The Morgan fingerprint density at radius 1 is 1.15 bits per heavy atom. The van der Waals surface area contributed by atoms with E-state index in [1.165, 1.54) is 13.2 Å². The van der Waals surface area contributed by atoms with Gasteiger partial charge < -0.3 is 15.4 Å². The van der Waals surface area contributed by atoms with E-state index in [1.54, 1.807) is 18.5 Å². The average molecular weight is 473 g/mol. The van der Waals surface area contributed by atoms with E-state index < -0.39 is 14.7 Å². The summed E-state index contributed by atoms with van der Waals surface area (Å²) in [4.78, 5) is 13.0. The van der Waals surface area contributed by atoms with Crippen LogP contribution in [-0.4, -0.2) is 57.2 Å². The van der Waals surface area contributed by atoms with Gasteiger partial charge in [0.25, 0.3) is 0 Å². The molecule has 1 aliphatic heterocycles. The van der Waals surface area contributed by atoms with Crippen molar-refractivity contribution in [1.82, 2.24) is 20.3 Å². The van der Waals surface area contributed by atoms with Crippen LogP contribution < -0.4 is 15.4 Å². The van der Waals surface area contributed by atoms with E-state index in [1.807, 2.05) is 19.1 Å². The maximum Gasteiger partial charge on any atom is 0.234 e. The molecule has 0 radical (unpaired) electrons. The predicted molar refractivity (Wildman–Crippen MR) is 137 cm³/mol. The maximum absolute atomic E-state index is 15.2. The van der Waals surface area contributed by atoms with Gasteiger partial charge in [-0.15, -0.1) is 0 Å². The van der Waals surface area contributed by atoms with Gasteiger partial charge in [0.05, 0.1) is 24.5 Å². The number of methoxy groups -OCH3 is 1. The minimum Gasteiger partial charge on any atom is -0.480 e. The number of ether oxygens (including phenoxy) is 1. The van der Waals surface area contributed by atoms with Crippen molar-refractivity contribution < 1.29 is 9.13 Å². The number of nitrogens with zero attached hydrogens (tertiary/aromatic N) is 3. The molecule has 0 saturated carbocycles. The van der Waals surface area contributed by atoms with Gasteiger partial charge in [-0.1, -0.05) is 0 Å². The second kappa shape index (κ2) is 7.28. The third-order valence-electron chi connectivity index (χ3n) is 7.43. The number of rotatable bonds is 4. The van der Waals surface area contributed by atoms with Gasteiger partial charge in [0.15, 0.2) is 5.65 Å². The van der Waals surface area contributed by atoms with Gasteiger partial charge in [-0.25, -0.2) is 14.4 Å². The molecular formula is C24H33FN6OS. The molecule has 178 valence electrons. The van der Waals surface area contributed by atoms with Crippen LogP contribution in [-0.2, 0) is 5.54 Å². The molecule has 2 aromatic heterocycles. The largest absolute Gasteiger partial charge is 0.480 e. The summed E-state index contributed by atoms with van der Waals surface area (Å²) in [5.74, 6) is 1.33. The topological polar surface area (TPSA) is 95.8 Å². The van der Waals surface area contributed by atoms with E-state index in [0.29, 0.717) is 34.1 Å². The number of hydrogen-bond donors (Lipinski definition) is 4. The van der Waals surface area contributed by atoms with Crippen LogP contribution in [0.1, 0.15) is 26.3 Å². The molecule has 0 aliphatic carbocycles. The van der Waals surface area contributed by atoms with Crippen LogP contribution in [0.25, 0.3) is 11.2 Å². The van der Waals surface area contributed by atoms with Gasteiger partial charge in [-0.3, -0.25) is 14.6 Å². The molecule has 0 unspecified atom stereocenters. The fourth-order valence-corrected chi connectivity index (χ4v) is 8.37. The maximum atomic E-state index is 15.2. The van der Waals surface area contributed by atoms with Gasteiger partial charge in [0.1, 0.15) is 17.2 Å². The highest BCUT2D eigenvalue weighted by molar-refractivity contribution is 8.49. The first-order valence-corrected chi connectivity index (χ1v) is 14.6. The molecule has 0 bridgehead atoms. The van der Waals surface area contributed by atoms with E-state index in [2.05, 4.69) is 58.2 Å². The Balaban J connectivity index is 1.74. The lowest BCUT2D eigenvalue weighted by Crippen LogP contribution is -2.65. The van der Waals surface area contributed by atoms with E-state index in [0.717, 1.165) is 11.4 Å². The van der Waals surface area contributed by atoms with Crippen molar-refractivity contribution in [2.24, 2.45) is 0 Å². The van der Waals surface area contributed by atoms with E-state index >= 15 is 4.39 Å². The zero-order valence-corrected chi connectivity index (χ0v) is 21.1. The minimum absolute atomic E-state index is 0.271. The molecule has 7 nitrogen and oxygen atoms in total. The molecular weight excluding hydrogens is 439 g/mol. The lowest BCUT2D eigenvalue weighted by Gasteiger charge is -2.69. The summed E-state index contributed by atoms with van der Waals surface area (Å²) >= 11 is 0. The average Bonchev–Trinajstić information content (AvgIpc) is 2.72. The molecule has 1 fully saturated rings. The standard InChI is InChI=1S/C24H33FN6OS/c1-23(2)22(26)31-24(3,14-33(23,5,6)7)16-12-15(8-9-17(16)25)29-18-10-11-27-21-20(18)28-13-19(30-21)32-4/h8-13,33H,14H2,1-7H3,(H2,26,31)(H,27,29,30)/t24-/m0/s1. The number of aromatic nitrogens is 3. The lowest BCUT2D eigenvalue weighted by atomic mass is 9.91. The summed E-state index contributed by atoms with van der Waals surface area (Å²) in [7, 11) is -0.830. The van der Waals surface area contributed by atoms with Gasteiger partial charge >= 0.3 is 0 Å². The molecule has 1 aliphatic rings. The first-order chi connectivity index (χ1) is 15.2. The highest BCUT2D eigenvalue weighted by atomic mass is 32.3. The number of benzene rings is 1. The van der Waals surface area contributed by atoms with E-state index in [-0.39, 0.29) is 10.6 Å². The Hall–Kier alpha value is -2.94. The number of nitrogens with one attached hydrogen (secondary N) is 3. The van der Waals surface area contributed by atoms with Crippen molar-refractivity contribution >= 4 is 37.5 Å². The van der Waals surface area contributed by atoms with Crippen molar-refractivity contribution in [2.45, 2.75) is 31.1 Å². The molecule has 0 amide bonds. The summed E-state index contributed by atoms with van der Waals surface area (Å²) in [6, 6.07) is 6.81. The summed E-state index contributed by atoms with van der Waals surface area (Å²) in [5, 5.41) is 15.5. The van der Waals surface area contributed by atoms with Crippen LogP contribution in [0.3, 0.4) is 0 Å². The van der Waals surface area contributed by atoms with Crippen LogP contribution in [0.15, 0.2) is 36.7 Å². The fraction of sp³-hybridized carbons (Fsp3) is 0.417. The normalized spacial score (nSPS) is 24.4. The van der Waals surface area contributed by atoms with Crippen LogP contribution in [0.4, 0.5) is 15.8 Å². The zero-order valence-electron chi connectivity index (χ0n) is 20.2. The summed E-state index contributed by atoms with van der Waals surface area (Å²) in [5.41, 5.74) is 2.33. The molecule has 1 aromatic carbocycles. The van der Waals surface area contributed by atoms with Gasteiger partial charge in [0.2, 0.25) is 5.88 Å². The van der Waals surface area contributed by atoms with Crippen LogP contribution in [0, 0.1) is 11.2 Å². The zero-order chi connectivity index (χ0) is 24.3. The Labute approximate surface area is 194 Å². The molecule has 1 atom stereocenters. The molecule has 0 spiro atoms. The minimum atomic E-state index is -2.36. The Morgan fingerprint density at radius 3 is 2.55 bits per heavy atom. The molecule has 33 heavy (non-hydrogen) atoms. The van der Waals surface area contributed by atoms with Crippen molar-refractivity contribution in [3.05, 3.63) is 48.0 Å². The molecule has 3 heterocycles. The number of pyridine rings is 1. The molecule has 9 heteroatoms. The highest BCUT2D eigenvalue weighted by Gasteiger charge is 2.55. The van der Waals surface area contributed by atoms with Crippen LogP contribution in [0.2, 0.25) is 0 Å². The van der Waals surface area contributed by atoms with E-state index in [9.17, 15) is 0 Å². The Bertz CT molecular complexity index is 1270. The van der Waals surface area contributed by atoms with E-state index in [4.69, 9.17) is 10.1 Å². The van der Waals surface area contributed by atoms with Crippen molar-refractivity contribution in [3.63, 3.8) is 0 Å². The number of hydrogen-bond acceptors (Lipinski definition) is 6. The second-order valence-electron chi connectivity index (χ2n) is 10.9. The summed E-state index contributed by atoms with van der Waals surface area (Å²) in [6.45, 7) is 6.24.